The number of nitrogens with zero attached hydrogens (tertiary/aromatic N) is 2. The van der Waals surface area contributed by atoms with E-state index in [-0.39, 0.29) is 29.6 Å². The highest BCUT2D eigenvalue weighted by Crippen LogP contribution is 2.13. The lowest BCUT2D eigenvalue weighted by atomic mass is 10.3. The van der Waals surface area contributed by atoms with Crippen molar-refractivity contribution in [2.24, 2.45) is 12.8 Å². The van der Waals surface area contributed by atoms with E-state index in [1.807, 2.05) is 30.3 Å². The van der Waals surface area contributed by atoms with Gasteiger partial charge >= 0.3 is 0 Å². The van der Waals surface area contributed by atoms with Gasteiger partial charge in [0.2, 0.25) is 5.91 Å². The van der Waals surface area contributed by atoms with Crippen LogP contribution in [0.15, 0.2) is 35.1 Å². The van der Waals surface area contributed by atoms with Gasteiger partial charge in [0.25, 0.3) is 5.56 Å². The van der Waals surface area contributed by atoms with Crippen molar-refractivity contribution in [3.8, 4) is 5.69 Å². The number of anilines is 1. The van der Waals surface area contributed by atoms with Crippen LogP contribution in [0.3, 0.4) is 0 Å². The van der Waals surface area contributed by atoms with Crippen molar-refractivity contribution in [3.05, 3.63) is 46.4 Å². The molecule has 2 rings (SSSR count). The van der Waals surface area contributed by atoms with Gasteiger partial charge in [-0.25, -0.2) is 4.68 Å². The number of para-hydroxylation sites is 1. The van der Waals surface area contributed by atoms with Crippen LogP contribution < -0.4 is 16.6 Å². The van der Waals surface area contributed by atoms with Gasteiger partial charge in [-0.15, -0.1) is 12.4 Å². The normalized spacial score (nSPS) is 11.6. The highest BCUT2D eigenvalue weighted by molar-refractivity contribution is 5.94. The highest BCUT2D eigenvalue weighted by atomic mass is 35.5. The van der Waals surface area contributed by atoms with Gasteiger partial charge < -0.3 is 11.1 Å². The molecular weight excluding hydrogens is 292 g/mol. The van der Waals surface area contributed by atoms with E-state index in [1.54, 1.807) is 25.6 Å². The zero-order valence-electron chi connectivity index (χ0n) is 12.2. The Labute approximate surface area is 128 Å². The minimum absolute atomic E-state index is 0. The molecule has 2 aromatic rings. The molecule has 1 amide bonds. The van der Waals surface area contributed by atoms with E-state index >= 15 is 0 Å². The predicted octanol–water partition coefficient (Wildman–Crippen LogP) is 1.19. The molecule has 0 aliphatic heterocycles. The number of hydrogen-bond acceptors (Lipinski definition) is 3. The van der Waals surface area contributed by atoms with Crippen LogP contribution in [0.4, 0.5) is 5.69 Å². The number of rotatable bonds is 3. The summed E-state index contributed by atoms with van der Waals surface area (Å²) in [6.07, 6.45) is 0. The maximum Gasteiger partial charge on any atom is 0.295 e. The smallest absolute Gasteiger partial charge is 0.295 e. The summed E-state index contributed by atoms with van der Waals surface area (Å²) in [6.45, 7) is 3.35. The molecule has 0 saturated heterocycles. The van der Waals surface area contributed by atoms with Gasteiger partial charge in [0, 0.05) is 7.05 Å². The van der Waals surface area contributed by atoms with E-state index in [1.165, 1.54) is 4.68 Å². The average Bonchev–Trinajstić information content (AvgIpc) is 2.63. The fraction of sp³-hybridized carbons (Fsp3) is 0.286. The van der Waals surface area contributed by atoms with Gasteiger partial charge in [0.05, 0.1) is 17.4 Å². The predicted molar refractivity (Wildman–Crippen MR) is 85.3 cm³/mol. The van der Waals surface area contributed by atoms with Crippen molar-refractivity contribution >= 4 is 24.0 Å². The molecule has 1 aromatic carbocycles. The zero-order chi connectivity index (χ0) is 14.9. The van der Waals surface area contributed by atoms with Crippen LogP contribution in [0.1, 0.15) is 12.6 Å². The van der Waals surface area contributed by atoms with Crippen molar-refractivity contribution < 1.29 is 4.79 Å². The molecular formula is C14H19ClN4O2. The van der Waals surface area contributed by atoms with Crippen molar-refractivity contribution in [1.82, 2.24) is 9.36 Å². The number of hydrogen-bond donors (Lipinski definition) is 2. The lowest BCUT2D eigenvalue weighted by molar-refractivity contribution is -0.117. The first-order valence-electron chi connectivity index (χ1n) is 6.34. The first kappa shape index (κ1) is 17.0. The van der Waals surface area contributed by atoms with Crippen LogP contribution in [0.5, 0.6) is 0 Å². The molecule has 3 N–H and O–H groups in total. The van der Waals surface area contributed by atoms with Crippen LogP contribution in [0, 0.1) is 6.92 Å². The third-order valence-electron chi connectivity index (χ3n) is 3.22. The lowest BCUT2D eigenvalue weighted by Gasteiger charge is -2.07. The van der Waals surface area contributed by atoms with Gasteiger partial charge in [-0.2, -0.15) is 0 Å². The lowest BCUT2D eigenvalue weighted by Crippen LogP contribution is -2.34. The number of carbonyl (C=O) groups is 1. The second-order valence-corrected chi connectivity index (χ2v) is 4.71. The van der Waals surface area contributed by atoms with Crippen molar-refractivity contribution in [1.29, 1.82) is 0 Å². The number of halogens is 1. The second-order valence-electron chi connectivity index (χ2n) is 4.71. The van der Waals surface area contributed by atoms with Crippen molar-refractivity contribution in [2.75, 3.05) is 5.32 Å². The van der Waals surface area contributed by atoms with E-state index in [9.17, 15) is 9.59 Å². The number of aromatic nitrogens is 2. The molecule has 114 valence electrons. The molecule has 1 unspecified atom stereocenters. The summed E-state index contributed by atoms with van der Waals surface area (Å²) >= 11 is 0. The average molecular weight is 311 g/mol. The molecule has 1 aromatic heterocycles. The highest BCUT2D eigenvalue weighted by Gasteiger charge is 2.19. The second kappa shape index (κ2) is 6.60. The fourth-order valence-corrected chi connectivity index (χ4v) is 1.95. The monoisotopic (exact) mass is 310 g/mol. The quantitative estimate of drug-likeness (QED) is 0.893. The minimum atomic E-state index is -0.667. The maximum atomic E-state index is 12.5. The van der Waals surface area contributed by atoms with Crippen LogP contribution >= 0.6 is 12.4 Å². The van der Waals surface area contributed by atoms with E-state index in [2.05, 4.69) is 5.32 Å². The van der Waals surface area contributed by atoms with Gasteiger partial charge in [-0.3, -0.25) is 14.3 Å². The number of amides is 1. The SMILES string of the molecule is Cc1c(NC(=O)C(C)N)c(=O)n(-c2ccccc2)n1C.Cl. The molecule has 0 fully saturated rings. The standard InChI is InChI=1S/C14H18N4O2.ClH/c1-9(15)13(19)16-12-10(2)17(3)18(14(12)20)11-7-5-4-6-8-11;/h4-9H,15H2,1-3H3,(H,16,19);1H. The minimum Gasteiger partial charge on any atom is -0.320 e. The van der Waals surface area contributed by atoms with Gasteiger partial charge in [0.15, 0.2) is 0 Å². The molecule has 1 heterocycles. The third-order valence-corrected chi connectivity index (χ3v) is 3.22. The third kappa shape index (κ3) is 3.17. The largest absolute Gasteiger partial charge is 0.320 e. The molecule has 0 saturated carbocycles. The summed E-state index contributed by atoms with van der Waals surface area (Å²) in [7, 11) is 1.77. The first-order chi connectivity index (χ1) is 9.43. The van der Waals surface area contributed by atoms with Crippen molar-refractivity contribution in [3.63, 3.8) is 0 Å². The molecule has 0 spiro atoms. The molecule has 0 radical (unpaired) electrons. The molecule has 0 bridgehead atoms. The molecule has 7 heteroatoms. The number of nitrogens with two attached hydrogens (primary N) is 1. The van der Waals surface area contributed by atoms with Crippen molar-refractivity contribution in [2.45, 2.75) is 19.9 Å². The summed E-state index contributed by atoms with van der Waals surface area (Å²) in [5, 5.41) is 2.59. The molecule has 0 aliphatic rings. The zero-order valence-corrected chi connectivity index (χ0v) is 13.0. The van der Waals surface area contributed by atoms with Gasteiger partial charge in [0.1, 0.15) is 5.69 Å². The first-order valence-corrected chi connectivity index (χ1v) is 6.34. The van der Waals surface area contributed by atoms with Crippen LogP contribution in [-0.2, 0) is 11.8 Å². The van der Waals surface area contributed by atoms with E-state index < -0.39 is 6.04 Å². The summed E-state index contributed by atoms with van der Waals surface area (Å²) in [4.78, 5) is 24.1. The summed E-state index contributed by atoms with van der Waals surface area (Å²) in [6, 6.07) is 8.58. The molecule has 21 heavy (non-hydrogen) atoms. The van der Waals surface area contributed by atoms with Crippen LogP contribution in [0.25, 0.3) is 5.69 Å². The topological polar surface area (TPSA) is 82.1 Å². The Morgan fingerprint density at radius 3 is 2.38 bits per heavy atom. The Hall–Kier alpha value is -2.05. The summed E-state index contributed by atoms with van der Waals surface area (Å²) < 4.78 is 3.21. The van der Waals surface area contributed by atoms with E-state index in [0.29, 0.717) is 5.69 Å². The van der Waals surface area contributed by atoms with Crippen LogP contribution in [-0.4, -0.2) is 21.3 Å². The Kier molecular flexibility index (Phi) is 5.34. The number of nitrogens with one attached hydrogen (secondary N) is 1. The molecule has 0 aliphatic carbocycles. The molecule has 1 atom stereocenters. The van der Waals surface area contributed by atoms with E-state index in [0.717, 1.165) is 5.69 Å². The Balaban J connectivity index is 0.00000220. The van der Waals surface area contributed by atoms with Gasteiger partial charge in [-0.1, -0.05) is 18.2 Å². The van der Waals surface area contributed by atoms with E-state index in [4.69, 9.17) is 5.73 Å². The Morgan fingerprint density at radius 1 is 1.29 bits per heavy atom. The summed E-state index contributed by atoms with van der Waals surface area (Å²) in [5.74, 6) is -0.379. The van der Waals surface area contributed by atoms with Crippen LogP contribution in [0.2, 0.25) is 0 Å². The number of carbonyl (C=O) groups excluding carboxylic acids is 1. The molecule has 6 nitrogen and oxygen atoms in total. The van der Waals surface area contributed by atoms with Gasteiger partial charge in [-0.05, 0) is 26.0 Å². The Bertz CT molecular complexity index is 689. The Morgan fingerprint density at radius 2 is 1.86 bits per heavy atom. The number of benzene rings is 1. The maximum absolute atomic E-state index is 12.5. The summed E-state index contributed by atoms with van der Waals surface area (Å²) in [5.41, 5.74) is 6.92. The fourth-order valence-electron chi connectivity index (χ4n) is 1.95.